The van der Waals surface area contributed by atoms with Crippen LogP contribution in [0.4, 0.5) is 17.1 Å². The van der Waals surface area contributed by atoms with Crippen LogP contribution in [-0.4, -0.2) is 44.2 Å². The normalized spacial score (nSPS) is 13.9. The number of methoxy groups -OCH3 is 1. The molecule has 1 aliphatic heterocycles. The average molecular weight is 515 g/mol. The van der Waals surface area contributed by atoms with Crippen LogP contribution in [0.25, 0.3) is 0 Å². The van der Waals surface area contributed by atoms with Crippen molar-refractivity contribution in [1.29, 1.82) is 0 Å². The van der Waals surface area contributed by atoms with Crippen LogP contribution in [0, 0.1) is 10.1 Å². The summed E-state index contributed by atoms with van der Waals surface area (Å²) in [6.45, 7) is 2.20. The number of rotatable bonds is 5. The molecule has 1 saturated heterocycles. The first-order chi connectivity index (χ1) is 13.4. The quantitative estimate of drug-likeness (QED) is 0.474. The van der Waals surface area contributed by atoms with Gasteiger partial charge in [0.2, 0.25) is 0 Å². The van der Waals surface area contributed by atoms with Crippen LogP contribution in [-0.2, 0) is 4.74 Å². The Balaban J connectivity index is 1.90. The van der Waals surface area contributed by atoms with Gasteiger partial charge in [-0.05, 0) is 40.2 Å². The van der Waals surface area contributed by atoms with E-state index in [9.17, 15) is 14.9 Å². The Kier molecular flexibility index (Phi) is 6.53. The number of carbonyl (C=O) groups is 1. The van der Waals surface area contributed by atoms with Gasteiger partial charge in [-0.15, -0.1) is 0 Å². The molecule has 1 amide bonds. The van der Waals surface area contributed by atoms with Gasteiger partial charge in [0, 0.05) is 29.3 Å². The van der Waals surface area contributed by atoms with Gasteiger partial charge in [-0.3, -0.25) is 14.9 Å². The zero-order valence-electron chi connectivity index (χ0n) is 14.9. The predicted molar refractivity (Wildman–Crippen MR) is 112 cm³/mol. The molecule has 10 heteroatoms. The minimum absolute atomic E-state index is 0.0675. The monoisotopic (exact) mass is 513 g/mol. The molecule has 148 valence electrons. The Labute approximate surface area is 178 Å². The number of carbonyl (C=O) groups excluding carboxylic acids is 1. The lowest BCUT2D eigenvalue weighted by atomic mass is 10.1. The van der Waals surface area contributed by atoms with Crippen molar-refractivity contribution < 1.29 is 19.2 Å². The van der Waals surface area contributed by atoms with Crippen LogP contribution >= 0.6 is 31.9 Å². The van der Waals surface area contributed by atoms with E-state index in [4.69, 9.17) is 9.47 Å². The zero-order valence-corrected chi connectivity index (χ0v) is 18.1. The maximum Gasteiger partial charge on any atom is 0.294 e. The lowest BCUT2D eigenvalue weighted by molar-refractivity contribution is -0.384. The maximum atomic E-state index is 12.7. The number of nitro groups is 1. The highest BCUT2D eigenvalue weighted by Crippen LogP contribution is 2.35. The smallest absolute Gasteiger partial charge is 0.294 e. The maximum absolute atomic E-state index is 12.7. The Morgan fingerprint density at radius 2 is 1.96 bits per heavy atom. The standard InChI is InChI=1S/C18H17Br2N3O5/c1-27-17-13(8-11(19)9-14(17)20)18(24)21-12-2-3-15(16(10-12)23(25)26)22-4-6-28-7-5-22/h2-3,8-10H,4-7H2,1H3,(H,21,24). The second-order valence-electron chi connectivity index (χ2n) is 5.98. The van der Waals surface area contributed by atoms with E-state index in [0.29, 0.717) is 57.9 Å². The van der Waals surface area contributed by atoms with E-state index in [1.807, 2.05) is 4.90 Å². The molecule has 0 aromatic heterocycles. The van der Waals surface area contributed by atoms with Crippen molar-refractivity contribution in [2.75, 3.05) is 43.6 Å². The number of morpholine rings is 1. The van der Waals surface area contributed by atoms with Crippen LogP contribution in [0.3, 0.4) is 0 Å². The third-order valence-electron chi connectivity index (χ3n) is 4.24. The van der Waals surface area contributed by atoms with E-state index in [1.54, 1.807) is 24.3 Å². The van der Waals surface area contributed by atoms with Crippen molar-refractivity contribution >= 4 is 54.8 Å². The number of benzene rings is 2. The number of hydrogen-bond acceptors (Lipinski definition) is 6. The van der Waals surface area contributed by atoms with Gasteiger partial charge in [-0.25, -0.2) is 0 Å². The number of ether oxygens (including phenoxy) is 2. The van der Waals surface area contributed by atoms with Gasteiger partial charge in [-0.1, -0.05) is 15.9 Å². The molecule has 0 atom stereocenters. The zero-order chi connectivity index (χ0) is 20.3. The molecule has 0 bridgehead atoms. The molecule has 1 heterocycles. The van der Waals surface area contributed by atoms with E-state index in [1.165, 1.54) is 13.2 Å². The Bertz CT molecular complexity index is 916. The van der Waals surface area contributed by atoms with Crippen molar-refractivity contribution in [3.05, 3.63) is 55.0 Å². The van der Waals surface area contributed by atoms with E-state index in [-0.39, 0.29) is 5.69 Å². The van der Waals surface area contributed by atoms with E-state index in [0.717, 1.165) is 0 Å². The first-order valence-electron chi connectivity index (χ1n) is 8.36. The van der Waals surface area contributed by atoms with Crippen LogP contribution in [0.2, 0.25) is 0 Å². The van der Waals surface area contributed by atoms with Crippen molar-refractivity contribution in [2.45, 2.75) is 0 Å². The molecule has 0 unspecified atom stereocenters. The van der Waals surface area contributed by atoms with Gasteiger partial charge in [0.05, 0.1) is 35.3 Å². The molecule has 1 fully saturated rings. The summed E-state index contributed by atoms with van der Waals surface area (Å²) in [5.41, 5.74) is 1.06. The number of anilines is 2. The molecule has 2 aromatic rings. The third kappa shape index (κ3) is 4.45. The van der Waals surface area contributed by atoms with Crippen LogP contribution in [0.5, 0.6) is 5.75 Å². The fraction of sp³-hybridized carbons (Fsp3) is 0.278. The molecule has 0 spiro atoms. The molecular weight excluding hydrogens is 498 g/mol. The molecule has 1 N–H and O–H groups in total. The molecule has 28 heavy (non-hydrogen) atoms. The largest absolute Gasteiger partial charge is 0.495 e. The second-order valence-corrected chi connectivity index (χ2v) is 7.75. The fourth-order valence-corrected chi connectivity index (χ4v) is 4.34. The first kappa shape index (κ1) is 20.6. The van der Waals surface area contributed by atoms with Gasteiger partial charge in [0.1, 0.15) is 11.4 Å². The first-order valence-corrected chi connectivity index (χ1v) is 9.95. The summed E-state index contributed by atoms with van der Waals surface area (Å²) < 4.78 is 11.9. The van der Waals surface area contributed by atoms with Crippen molar-refractivity contribution in [3.63, 3.8) is 0 Å². The highest BCUT2D eigenvalue weighted by atomic mass is 79.9. The number of amides is 1. The highest BCUT2D eigenvalue weighted by molar-refractivity contribution is 9.11. The molecule has 1 aliphatic rings. The molecule has 2 aromatic carbocycles. The number of nitro benzene ring substituents is 1. The van der Waals surface area contributed by atoms with Crippen LogP contribution in [0.1, 0.15) is 10.4 Å². The van der Waals surface area contributed by atoms with Crippen molar-refractivity contribution in [1.82, 2.24) is 0 Å². The number of halogens is 2. The third-order valence-corrected chi connectivity index (χ3v) is 5.29. The molecule has 0 aliphatic carbocycles. The molecule has 3 rings (SSSR count). The van der Waals surface area contributed by atoms with E-state index in [2.05, 4.69) is 37.2 Å². The average Bonchev–Trinajstić information content (AvgIpc) is 2.68. The summed E-state index contributed by atoms with van der Waals surface area (Å²) in [7, 11) is 1.47. The summed E-state index contributed by atoms with van der Waals surface area (Å²) in [6, 6.07) is 8.04. The highest BCUT2D eigenvalue weighted by Gasteiger charge is 2.23. The van der Waals surface area contributed by atoms with E-state index < -0.39 is 10.8 Å². The lowest BCUT2D eigenvalue weighted by Gasteiger charge is -2.28. The van der Waals surface area contributed by atoms with Crippen LogP contribution < -0.4 is 15.0 Å². The Hall–Kier alpha value is -2.17. The summed E-state index contributed by atoms with van der Waals surface area (Å²) in [5.74, 6) is -0.0626. The van der Waals surface area contributed by atoms with Gasteiger partial charge >= 0.3 is 0 Å². The molecular formula is C18H17Br2N3O5. The number of nitrogens with one attached hydrogen (secondary N) is 1. The summed E-state index contributed by atoms with van der Waals surface area (Å²) in [6.07, 6.45) is 0. The van der Waals surface area contributed by atoms with Gasteiger partial charge in [0.25, 0.3) is 11.6 Å². The van der Waals surface area contributed by atoms with E-state index >= 15 is 0 Å². The Morgan fingerprint density at radius 3 is 2.61 bits per heavy atom. The predicted octanol–water partition coefficient (Wildman–Crippen LogP) is 4.22. The minimum Gasteiger partial charge on any atom is -0.495 e. The summed E-state index contributed by atoms with van der Waals surface area (Å²) in [4.78, 5) is 25.8. The molecule has 0 radical (unpaired) electrons. The van der Waals surface area contributed by atoms with Crippen molar-refractivity contribution in [2.24, 2.45) is 0 Å². The lowest BCUT2D eigenvalue weighted by Crippen LogP contribution is -2.36. The fourth-order valence-electron chi connectivity index (χ4n) is 2.95. The Morgan fingerprint density at radius 1 is 1.25 bits per heavy atom. The number of hydrogen-bond donors (Lipinski definition) is 1. The van der Waals surface area contributed by atoms with Crippen molar-refractivity contribution in [3.8, 4) is 5.75 Å². The van der Waals surface area contributed by atoms with Gasteiger partial charge in [-0.2, -0.15) is 0 Å². The SMILES string of the molecule is COc1c(Br)cc(Br)cc1C(=O)Nc1ccc(N2CCOCC2)c([N+](=O)[O-])c1. The minimum atomic E-state index is -0.448. The second kappa shape index (κ2) is 8.89. The summed E-state index contributed by atoms with van der Waals surface area (Å²) in [5, 5.41) is 14.3. The van der Waals surface area contributed by atoms with Crippen LogP contribution in [0.15, 0.2) is 39.3 Å². The van der Waals surface area contributed by atoms with Gasteiger partial charge < -0.3 is 19.7 Å². The van der Waals surface area contributed by atoms with Gasteiger partial charge in [0.15, 0.2) is 0 Å². The molecule has 0 saturated carbocycles. The summed E-state index contributed by atoms with van der Waals surface area (Å²) >= 11 is 6.70. The molecule has 8 nitrogen and oxygen atoms in total. The number of nitrogens with zero attached hydrogens (tertiary/aromatic N) is 2. The topological polar surface area (TPSA) is 93.9 Å².